The maximum atomic E-state index is 10.7. The summed E-state index contributed by atoms with van der Waals surface area (Å²) < 4.78 is 14.7. The van der Waals surface area contributed by atoms with Gasteiger partial charge in [-0.05, 0) is 0 Å². The maximum Gasteiger partial charge on any atom is 0.313 e. The summed E-state index contributed by atoms with van der Waals surface area (Å²) in [7, 11) is 3.09. The molecule has 0 N–H and O–H groups in total. The van der Waals surface area contributed by atoms with Crippen molar-refractivity contribution in [2.24, 2.45) is 0 Å². The van der Waals surface area contributed by atoms with Crippen LogP contribution in [0.1, 0.15) is 0 Å². The van der Waals surface area contributed by atoms with E-state index in [1.54, 1.807) is 7.11 Å². The van der Waals surface area contributed by atoms with Gasteiger partial charge in [0.25, 0.3) is 0 Å². The molecular weight excluding hydrogens is 148 g/mol. The van der Waals surface area contributed by atoms with E-state index in [4.69, 9.17) is 14.2 Å². The highest BCUT2D eigenvalue weighted by Gasteiger charge is 2.35. The lowest BCUT2D eigenvalue weighted by molar-refractivity contribution is -0.142. The van der Waals surface area contributed by atoms with Gasteiger partial charge in [-0.2, -0.15) is 0 Å². The molecular formula is C7H11O4. The molecule has 1 radical (unpaired) electrons. The Morgan fingerprint density at radius 3 is 2.91 bits per heavy atom. The molecule has 4 heteroatoms. The van der Waals surface area contributed by atoms with Crippen molar-refractivity contribution in [3.63, 3.8) is 0 Å². The van der Waals surface area contributed by atoms with Crippen LogP contribution in [0.3, 0.4) is 0 Å². The molecule has 11 heavy (non-hydrogen) atoms. The third kappa shape index (κ3) is 1.91. The van der Waals surface area contributed by atoms with E-state index in [0.717, 1.165) is 0 Å². The standard InChI is InChI=1S/C7H11O4/c1-9-4-6-5(10-2)3-7(8)11-6/h3,5-6H,4H2,1-2H3. The number of cyclic esters (lactones) is 1. The highest BCUT2D eigenvalue weighted by Crippen LogP contribution is 2.16. The fraction of sp³-hybridized carbons (Fsp3) is 0.714. The molecule has 1 heterocycles. The van der Waals surface area contributed by atoms with Crippen LogP contribution in [0, 0.1) is 6.42 Å². The Morgan fingerprint density at radius 1 is 1.64 bits per heavy atom. The van der Waals surface area contributed by atoms with Gasteiger partial charge < -0.3 is 14.2 Å². The van der Waals surface area contributed by atoms with Gasteiger partial charge in [0.1, 0.15) is 12.5 Å². The third-order valence-corrected chi connectivity index (χ3v) is 1.54. The largest absolute Gasteiger partial charge is 0.457 e. The summed E-state index contributed by atoms with van der Waals surface area (Å²) in [6.07, 6.45) is 0.865. The second-order valence-corrected chi connectivity index (χ2v) is 2.30. The van der Waals surface area contributed by atoms with Gasteiger partial charge >= 0.3 is 5.97 Å². The number of carbonyl (C=O) groups excluding carboxylic acids is 1. The van der Waals surface area contributed by atoms with Crippen LogP contribution in [0.2, 0.25) is 0 Å². The molecule has 1 rings (SSSR count). The number of esters is 1. The summed E-state index contributed by atoms with van der Waals surface area (Å²) in [4.78, 5) is 10.7. The van der Waals surface area contributed by atoms with Crippen LogP contribution in [-0.2, 0) is 19.0 Å². The Kier molecular flexibility index (Phi) is 2.84. The summed E-state index contributed by atoms with van der Waals surface area (Å²) in [6, 6.07) is 0. The molecule has 0 bridgehead atoms. The van der Waals surface area contributed by atoms with Crippen molar-refractivity contribution in [2.45, 2.75) is 12.2 Å². The van der Waals surface area contributed by atoms with Gasteiger partial charge in [0.05, 0.1) is 6.61 Å². The Morgan fingerprint density at radius 2 is 2.36 bits per heavy atom. The van der Waals surface area contributed by atoms with Crippen molar-refractivity contribution in [3.8, 4) is 0 Å². The average molecular weight is 159 g/mol. The van der Waals surface area contributed by atoms with E-state index in [9.17, 15) is 4.79 Å². The van der Waals surface area contributed by atoms with Gasteiger partial charge in [0.2, 0.25) is 0 Å². The zero-order valence-corrected chi connectivity index (χ0v) is 6.57. The number of methoxy groups -OCH3 is 2. The Hall–Kier alpha value is -0.610. The zero-order chi connectivity index (χ0) is 8.27. The molecule has 0 saturated carbocycles. The molecule has 2 atom stereocenters. The monoisotopic (exact) mass is 159 g/mol. The van der Waals surface area contributed by atoms with Crippen molar-refractivity contribution >= 4 is 5.97 Å². The lowest BCUT2D eigenvalue weighted by atomic mass is 10.2. The van der Waals surface area contributed by atoms with E-state index in [1.807, 2.05) is 0 Å². The van der Waals surface area contributed by atoms with Crippen LogP contribution in [0.5, 0.6) is 0 Å². The Bertz CT molecular complexity index is 145. The molecule has 0 aromatic rings. The van der Waals surface area contributed by atoms with Crippen molar-refractivity contribution in [1.29, 1.82) is 0 Å². The van der Waals surface area contributed by atoms with Crippen LogP contribution in [0.15, 0.2) is 0 Å². The molecule has 1 aliphatic rings. The molecule has 0 spiro atoms. The number of rotatable bonds is 3. The predicted octanol–water partition coefficient (Wildman–Crippen LogP) is -0.223. The third-order valence-electron chi connectivity index (χ3n) is 1.54. The first-order valence-corrected chi connectivity index (χ1v) is 3.35. The topological polar surface area (TPSA) is 44.8 Å². The zero-order valence-electron chi connectivity index (χ0n) is 6.57. The van der Waals surface area contributed by atoms with Gasteiger partial charge in [-0.15, -0.1) is 0 Å². The van der Waals surface area contributed by atoms with Crippen molar-refractivity contribution in [3.05, 3.63) is 6.42 Å². The van der Waals surface area contributed by atoms with Gasteiger partial charge in [0, 0.05) is 14.2 Å². The number of ether oxygens (including phenoxy) is 3. The minimum atomic E-state index is -0.334. The van der Waals surface area contributed by atoms with Gasteiger partial charge in [0.15, 0.2) is 6.10 Å². The van der Waals surface area contributed by atoms with Crippen molar-refractivity contribution < 1.29 is 19.0 Å². The summed E-state index contributed by atoms with van der Waals surface area (Å²) in [5.41, 5.74) is 0. The molecule has 4 nitrogen and oxygen atoms in total. The van der Waals surface area contributed by atoms with Gasteiger partial charge in [-0.25, -0.2) is 0 Å². The van der Waals surface area contributed by atoms with Crippen LogP contribution in [-0.4, -0.2) is 39.0 Å². The smallest absolute Gasteiger partial charge is 0.313 e. The number of hydrogen-bond donors (Lipinski definition) is 0. The first-order chi connectivity index (χ1) is 5.27. The fourth-order valence-electron chi connectivity index (χ4n) is 1.01. The lowest BCUT2D eigenvalue weighted by Gasteiger charge is -2.13. The minimum Gasteiger partial charge on any atom is -0.457 e. The van der Waals surface area contributed by atoms with E-state index in [1.165, 1.54) is 13.5 Å². The molecule has 1 fully saturated rings. The van der Waals surface area contributed by atoms with E-state index < -0.39 is 0 Å². The van der Waals surface area contributed by atoms with E-state index in [2.05, 4.69) is 0 Å². The highest BCUT2D eigenvalue weighted by atomic mass is 16.6. The predicted molar refractivity (Wildman–Crippen MR) is 36.9 cm³/mol. The fourth-order valence-corrected chi connectivity index (χ4v) is 1.01. The minimum absolute atomic E-state index is 0.262. The molecule has 2 unspecified atom stereocenters. The Labute approximate surface area is 65.4 Å². The van der Waals surface area contributed by atoms with Gasteiger partial charge in [-0.1, -0.05) is 0 Å². The van der Waals surface area contributed by atoms with Crippen molar-refractivity contribution in [2.75, 3.05) is 20.8 Å². The molecule has 0 aromatic carbocycles. The summed E-state index contributed by atoms with van der Waals surface area (Å²) in [5.74, 6) is -0.334. The summed E-state index contributed by atoms with van der Waals surface area (Å²) in [5, 5.41) is 0. The van der Waals surface area contributed by atoms with Crippen LogP contribution in [0.25, 0.3) is 0 Å². The normalized spacial score (nSPS) is 30.5. The SMILES string of the molecule is COCC1OC(=O)[CH]C1OC. The number of hydrogen-bond acceptors (Lipinski definition) is 4. The average Bonchev–Trinajstić information content (AvgIpc) is 2.32. The van der Waals surface area contributed by atoms with Crippen molar-refractivity contribution in [1.82, 2.24) is 0 Å². The number of carbonyl (C=O) groups is 1. The first kappa shape index (κ1) is 8.49. The molecule has 0 aliphatic carbocycles. The second-order valence-electron chi connectivity index (χ2n) is 2.30. The molecule has 1 aliphatic heterocycles. The van der Waals surface area contributed by atoms with E-state index in [-0.39, 0.29) is 18.2 Å². The quantitative estimate of drug-likeness (QED) is 0.534. The second kappa shape index (κ2) is 3.69. The first-order valence-electron chi connectivity index (χ1n) is 3.35. The summed E-state index contributed by atoms with van der Waals surface area (Å²) >= 11 is 0. The maximum absolute atomic E-state index is 10.7. The van der Waals surface area contributed by atoms with Crippen LogP contribution >= 0.6 is 0 Å². The van der Waals surface area contributed by atoms with Crippen LogP contribution in [0.4, 0.5) is 0 Å². The van der Waals surface area contributed by atoms with E-state index >= 15 is 0 Å². The lowest BCUT2D eigenvalue weighted by Crippen LogP contribution is -2.27. The highest BCUT2D eigenvalue weighted by molar-refractivity contribution is 5.82. The van der Waals surface area contributed by atoms with E-state index in [0.29, 0.717) is 6.61 Å². The molecule has 0 aromatic heterocycles. The van der Waals surface area contributed by atoms with Gasteiger partial charge in [-0.3, -0.25) is 4.79 Å². The molecule has 63 valence electrons. The molecule has 1 saturated heterocycles. The Balaban J connectivity index is 2.43. The van der Waals surface area contributed by atoms with Crippen LogP contribution < -0.4 is 0 Å². The molecule has 0 amide bonds. The summed E-state index contributed by atoms with van der Waals surface area (Å²) in [6.45, 7) is 0.376.